The first-order valence-electron chi connectivity index (χ1n) is 6.80. The predicted octanol–water partition coefficient (Wildman–Crippen LogP) is 1.99. The Hall–Kier alpha value is -2.12. The summed E-state index contributed by atoms with van der Waals surface area (Å²) in [7, 11) is 0. The van der Waals surface area contributed by atoms with Crippen molar-refractivity contribution in [3.05, 3.63) is 41.5 Å². The Bertz CT molecular complexity index is 535. The third-order valence-electron chi connectivity index (χ3n) is 3.59. The normalized spacial score (nSPS) is 17.0. The van der Waals surface area contributed by atoms with Crippen molar-refractivity contribution in [2.75, 3.05) is 6.54 Å². The number of amides is 1. The molecule has 1 aromatic rings. The predicted molar refractivity (Wildman–Crippen MR) is 76.6 cm³/mol. The van der Waals surface area contributed by atoms with Crippen LogP contribution in [0.4, 0.5) is 0 Å². The van der Waals surface area contributed by atoms with E-state index in [0.29, 0.717) is 12.1 Å². The van der Waals surface area contributed by atoms with E-state index in [2.05, 4.69) is 5.32 Å². The van der Waals surface area contributed by atoms with E-state index >= 15 is 0 Å². The molecule has 4 nitrogen and oxygen atoms in total. The molecule has 1 aliphatic carbocycles. The fraction of sp³-hybridized carbons (Fsp3) is 0.375. The van der Waals surface area contributed by atoms with E-state index in [4.69, 9.17) is 5.26 Å². The molecule has 0 heterocycles. The molecule has 0 spiro atoms. The van der Waals surface area contributed by atoms with Crippen LogP contribution in [0.15, 0.2) is 30.3 Å². The van der Waals surface area contributed by atoms with Crippen LogP contribution in [0, 0.1) is 11.3 Å². The highest BCUT2D eigenvalue weighted by Crippen LogP contribution is 2.28. The molecular weight excluding hydrogens is 252 g/mol. The zero-order chi connectivity index (χ0) is 14.4. The molecule has 1 saturated carbocycles. The van der Waals surface area contributed by atoms with Crippen molar-refractivity contribution >= 4 is 12.0 Å². The van der Waals surface area contributed by atoms with Gasteiger partial charge in [0.25, 0.3) is 0 Å². The van der Waals surface area contributed by atoms with Gasteiger partial charge in [-0.2, -0.15) is 5.26 Å². The minimum Gasteiger partial charge on any atom is -0.388 e. The summed E-state index contributed by atoms with van der Waals surface area (Å²) < 4.78 is 0. The number of aliphatic hydroxyl groups is 1. The van der Waals surface area contributed by atoms with Gasteiger partial charge in [0.15, 0.2) is 0 Å². The van der Waals surface area contributed by atoms with E-state index < -0.39 is 5.60 Å². The van der Waals surface area contributed by atoms with Crippen molar-refractivity contribution in [2.24, 2.45) is 0 Å². The third kappa shape index (κ3) is 3.94. The van der Waals surface area contributed by atoms with Crippen molar-refractivity contribution in [3.8, 4) is 6.07 Å². The highest BCUT2D eigenvalue weighted by atomic mass is 16.3. The van der Waals surface area contributed by atoms with Crippen LogP contribution in [-0.2, 0) is 4.79 Å². The van der Waals surface area contributed by atoms with Crippen LogP contribution in [-0.4, -0.2) is 23.2 Å². The summed E-state index contributed by atoms with van der Waals surface area (Å²) >= 11 is 0. The molecule has 0 saturated heterocycles. The van der Waals surface area contributed by atoms with Gasteiger partial charge in [-0.05, 0) is 36.6 Å². The van der Waals surface area contributed by atoms with E-state index in [9.17, 15) is 9.90 Å². The summed E-state index contributed by atoms with van der Waals surface area (Å²) in [5.74, 6) is -0.213. The summed E-state index contributed by atoms with van der Waals surface area (Å²) in [6.07, 6.45) is 6.69. The second kappa shape index (κ2) is 6.36. The molecule has 1 aliphatic rings. The van der Waals surface area contributed by atoms with Gasteiger partial charge in [0.1, 0.15) is 0 Å². The number of hydrogen-bond donors (Lipinski definition) is 2. The van der Waals surface area contributed by atoms with Gasteiger partial charge in [0, 0.05) is 12.6 Å². The molecule has 1 fully saturated rings. The van der Waals surface area contributed by atoms with Crippen LogP contribution < -0.4 is 5.32 Å². The first-order chi connectivity index (χ1) is 9.61. The number of carbonyl (C=O) groups excluding carboxylic acids is 1. The lowest BCUT2D eigenvalue weighted by atomic mass is 10.0. The maximum absolute atomic E-state index is 11.7. The van der Waals surface area contributed by atoms with Gasteiger partial charge in [0.05, 0.1) is 17.2 Å². The third-order valence-corrected chi connectivity index (χ3v) is 3.59. The van der Waals surface area contributed by atoms with Crippen LogP contribution in [0.25, 0.3) is 6.08 Å². The lowest BCUT2D eigenvalue weighted by Crippen LogP contribution is -2.40. The average Bonchev–Trinajstić information content (AvgIpc) is 2.91. The molecule has 4 heteroatoms. The summed E-state index contributed by atoms with van der Waals surface area (Å²) in [5.41, 5.74) is 0.728. The number of nitrogens with zero attached hydrogens (tertiary/aromatic N) is 1. The van der Waals surface area contributed by atoms with Crippen LogP contribution in [0.5, 0.6) is 0 Å². The van der Waals surface area contributed by atoms with Crippen LogP contribution in [0.3, 0.4) is 0 Å². The highest BCUT2D eigenvalue weighted by Gasteiger charge is 2.30. The lowest BCUT2D eigenvalue weighted by molar-refractivity contribution is -0.117. The Morgan fingerprint density at radius 1 is 1.35 bits per heavy atom. The maximum Gasteiger partial charge on any atom is 0.244 e. The van der Waals surface area contributed by atoms with Crippen LogP contribution in [0.2, 0.25) is 0 Å². The van der Waals surface area contributed by atoms with Gasteiger partial charge in [0.2, 0.25) is 5.91 Å². The molecule has 0 unspecified atom stereocenters. The van der Waals surface area contributed by atoms with Crippen molar-refractivity contribution < 1.29 is 9.90 Å². The Balaban J connectivity index is 1.84. The van der Waals surface area contributed by atoms with Gasteiger partial charge < -0.3 is 10.4 Å². The second-order valence-corrected chi connectivity index (χ2v) is 5.22. The zero-order valence-corrected chi connectivity index (χ0v) is 11.3. The van der Waals surface area contributed by atoms with Gasteiger partial charge in [-0.15, -0.1) is 0 Å². The fourth-order valence-corrected chi connectivity index (χ4v) is 2.36. The second-order valence-electron chi connectivity index (χ2n) is 5.22. The molecule has 0 atom stereocenters. The Morgan fingerprint density at radius 3 is 2.60 bits per heavy atom. The molecule has 0 radical (unpaired) electrons. The number of benzene rings is 1. The summed E-state index contributed by atoms with van der Waals surface area (Å²) in [4.78, 5) is 11.7. The van der Waals surface area contributed by atoms with Gasteiger partial charge in [-0.1, -0.05) is 25.0 Å². The Morgan fingerprint density at radius 2 is 2.00 bits per heavy atom. The molecule has 0 aromatic heterocycles. The minimum atomic E-state index is -0.724. The standard InChI is InChI=1S/C16H18N2O2/c17-11-14-5-3-13(4-6-14)7-8-15(19)18-12-16(20)9-1-2-10-16/h3-8,20H,1-2,9-10,12H2,(H,18,19). The van der Waals surface area contributed by atoms with E-state index in [0.717, 1.165) is 31.2 Å². The molecule has 0 aliphatic heterocycles. The van der Waals surface area contributed by atoms with Crippen LogP contribution >= 0.6 is 0 Å². The van der Waals surface area contributed by atoms with E-state index in [1.165, 1.54) is 6.08 Å². The van der Waals surface area contributed by atoms with E-state index in [-0.39, 0.29) is 5.91 Å². The molecule has 1 amide bonds. The van der Waals surface area contributed by atoms with E-state index in [1.807, 2.05) is 6.07 Å². The SMILES string of the molecule is N#Cc1ccc(C=CC(=O)NCC2(O)CCCC2)cc1. The minimum absolute atomic E-state index is 0.213. The smallest absolute Gasteiger partial charge is 0.244 e. The molecule has 1 aromatic carbocycles. The van der Waals surface area contributed by atoms with Crippen molar-refractivity contribution in [2.45, 2.75) is 31.3 Å². The maximum atomic E-state index is 11.7. The Labute approximate surface area is 118 Å². The highest BCUT2D eigenvalue weighted by molar-refractivity contribution is 5.91. The van der Waals surface area contributed by atoms with Gasteiger partial charge in [-0.25, -0.2) is 0 Å². The largest absolute Gasteiger partial charge is 0.388 e. The summed E-state index contributed by atoms with van der Waals surface area (Å²) in [5, 5.41) is 21.5. The lowest BCUT2D eigenvalue weighted by Gasteiger charge is -2.21. The van der Waals surface area contributed by atoms with Crippen LogP contribution in [0.1, 0.15) is 36.8 Å². The van der Waals surface area contributed by atoms with Crippen molar-refractivity contribution in [3.63, 3.8) is 0 Å². The molecule has 0 bridgehead atoms. The number of hydrogen-bond acceptors (Lipinski definition) is 3. The number of nitrogens with one attached hydrogen (secondary N) is 1. The first-order valence-corrected chi connectivity index (χ1v) is 6.80. The summed E-state index contributed by atoms with van der Waals surface area (Å²) in [6.45, 7) is 0.309. The molecule has 20 heavy (non-hydrogen) atoms. The monoisotopic (exact) mass is 270 g/mol. The molecule has 2 N–H and O–H groups in total. The zero-order valence-electron chi connectivity index (χ0n) is 11.3. The quantitative estimate of drug-likeness (QED) is 0.822. The topological polar surface area (TPSA) is 73.1 Å². The van der Waals surface area contributed by atoms with Gasteiger partial charge >= 0.3 is 0 Å². The number of nitriles is 1. The molecule has 104 valence electrons. The average molecular weight is 270 g/mol. The first kappa shape index (κ1) is 14.3. The van der Waals surface area contributed by atoms with Crippen molar-refractivity contribution in [1.82, 2.24) is 5.32 Å². The fourth-order valence-electron chi connectivity index (χ4n) is 2.36. The molecule has 2 rings (SSSR count). The van der Waals surface area contributed by atoms with E-state index in [1.54, 1.807) is 30.3 Å². The number of rotatable bonds is 4. The van der Waals surface area contributed by atoms with Crippen molar-refractivity contribution in [1.29, 1.82) is 5.26 Å². The van der Waals surface area contributed by atoms with Gasteiger partial charge in [-0.3, -0.25) is 4.79 Å². The number of carbonyl (C=O) groups is 1. The summed E-state index contributed by atoms with van der Waals surface area (Å²) in [6, 6.07) is 9.03. The Kier molecular flexibility index (Phi) is 4.54. The molecular formula is C16H18N2O2.